The Kier molecular flexibility index (Phi) is 9.97. The summed E-state index contributed by atoms with van der Waals surface area (Å²) in [4.78, 5) is 36.0. The maximum absolute atomic E-state index is 12.8. The molecule has 0 unspecified atom stereocenters. The third-order valence-electron chi connectivity index (χ3n) is 5.64. The molecule has 2 heterocycles. The van der Waals surface area contributed by atoms with Gasteiger partial charge in [0.1, 0.15) is 11.5 Å². The van der Waals surface area contributed by atoms with Crippen LogP contribution in [0.5, 0.6) is 11.5 Å². The second-order valence-corrected chi connectivity index (χ2v) is 9.26. The molecule has 1 saturated heterocycles. The Labute approximate surface area is 211 Å². The Morgan fingerprint density at radius 3 is 2.36 bits per heavy atom. The van der Waals surface area contributed by atoms with Crippen LogP contribution in [0, 0.1) is 6.92 Å². The van der Waals surface area contributed by atoms with Gasteiger partial charge in [0.25, 0.3) is 0 Å². The van der Waals surface area contributed by atoms with Gasteiger partial charge in [-0.3, -0.25) is 9.68 Å². The highest BCUT2D eigenvalue weighted by Crippen LogP contribution is 2.32. The van der Waals surface area contributed by atoms with Crippen LogP contribution in [0.25, 0.3) is 0 Å². The molecule has 2 aromatic rings. The molecular formula is C24H29F3N2O6S. The molecular weight excluding hydrogens is 501 g/mol. The molecule has 0 saturated carbocycles. The highest BCUT2D eigenvalue weighted by molar-refractivity contribution is 7.10. The van der Waals surface area contributed by atoms with E-state index in [2.05, 4.69) is 15.1 Å². The number of ether oxygens (including phenoxy) is 2. The number of aryl methyl sites for hydroxylation is 1. The number of alkyl halides is 3. The van der Waals surface area contributed by atoms with Crippen LogP contribution in [0.3, 0.4) is 0 Å². The maximum atomic E-state index is 12.8. The van der Waals surface area contributed by atoms with E-state index in [1.165, 1.54) is 11.3 Å². The van der Waals surface area contributed by atoms with Gasteiger partial charge < -0.3 is 19.7 Å². The minimum atomic E-state index is -5.21. The maximum Gasteiger partial charge on any atom is 0.494 e. The zero-order valence-electron chi connectivity index (χ0n) is 20.0. The minimum absolute atomic E-state index is 0.00100. The summed E-state index contributed by atoms with van der Waals surface area (Å²) in [6, 6.07) is 7.90. The smallest absolute Gasteiger partial charge is 0.494 e. The van der Waals surface area contributed by atoms with Gasteiger partial charge in [-0.15, -0.1) is 11.3 Å². The first-order chi connectivity index (χ1) is 17.2. The van der Waals surface area contributed by atoms with Crippen molar-refractivity contribution in [2.75, 3.05) is 33.4 Å². The second kappa shape index (κ2) is 12.9. The van der Waals surface area contributed by atoms with E-state index in [0.29, 0.717) is 22.9 Å². The van der Waals surface area contributed by atoms with Crippen LogP contribution in [0.1, 0.15) is 35.8 Å². The van der Waals surface area contributed by atoms with E-state index < -0.39 is 24.3 Å². The third kappa shape index (κ3) is 8.10. The van der Waals surface area contributed by atoms with Crippen molar-refractivity contribution in [1.82, 2.24) is 10.2 Å². The van der Waals surface area contributed by atoms with Crippen LogP contribution >= 0.6 is 11.3 Å². The number of carbonyl (C=O) groups excluding carboxylic acids is 2. The number of nitrogens with zero attached hydrogens (tertiary/aromatic N) is 1. The van der Waals surface area contributed by atoms with Gasteiger partial charge in [-0.25, -0.2) is 4.79 Å². The molecule has 36 heavy (non-hydrogen) atoms. The summed E-state index contributed by atoms with van der Waals surface area (Å²) in [7, 11) is 1.55. The molecule has 0 aliphatic carbocycles. The van der Waals surface area contributed by atoms with Crippen molar-refractivity contribution in [2.24, 2.45) is 0 Å². The van der Waals surface area contributed by atoms with E-state index in [4.69, 9.17) is 14.4 Å². The summed E-state index contributed by atoms with van der Waals surface area (Å²) < 4.78 is 48.9. The highest BCUT2D eigenvalue weighted by Gasteiger charge is 2.43. The molecule has 1 aromatic carbocycles. The van der Waals surface area contributed by atoms with Crippen molar-refractivity contribution in [1.29, 1.82) is 0 Å². The van der Waals surface area contributed by atoms with Gasteiger partial charge in [0, 0.05) is 11.4 Å². The van der Waals surface area contributed by atoms with Crippen LogP contribution in [-0.2, 0) is 19.4 Å². The first-order valence-electron chi connectivity index (χ1n) is 11.4. The molecule has 1 amide bonds. The lowest BCUT2D eigenvalue weighted by atomic mass is 10.1. The first-order valence-corrected chi connectivity index (χ1v) is 12.3. The average molecular weight is 531 g/mol. The summed E-state index contributed by atoms with van der Waals surface area (Å²) in [6.45, 7) is 3.74. The Hall–Kier alpha value is -2.83. The number of rotatable bonds is 12. The lowest BCUT2D eigenvalue weighted by molar-refractivity contribution is -0.326. The molecule has 198 valence electrons. The minimum Gasteiger partial charge on any atom is -0.497 e. The molecule has 1 aliphatic rings. The fraction of sp³-hybridized carbons (Fsp3) is 0.500. The number of likely N-dealkylation sites (tertiary alicyclic amines) is 1. The van der Waals surface area contributed by atoms with Crippen LogP contribution in [-0.4, -0.2) is 62.3 Å². The molecule has 0 radical (unpaired) electrons. The lowest BCUT2D eigenvalue weighted by Gasteiger charge is -2.30. The van der Waals surface area contributed by atoms with E-state index in [0.717, 1.165) is 31.5 Å². The predicted molar refractivity (Wildman–Crippen MR) is 126 cm³/mol. The van der Waals surface area contributed by atoms with Crippen LogP contribution in [0.4, 0.5) is 13.2 Å². The van der Waals surface area contributed by atoms with E-state index in [1.807, 2.05) is 0 Å². The highest BCUT2D eigenvalue weighted by atomic mass is 32.1. The van der Waals surface area contributed by atoms with Crippen LogP contribution in [0.15, 0.2) is 35.7 Å². The van der Waals surface area contributed by atoms with Crippen molar-refractivity contribution in [3.05, 3.63) is 46.2 Å². The van der Waals surface area contributed by atoms with Crippen molar-refractivity contribution in [2.45, 2.75) is 44.5 Å². The fourth-order valence-corrected chi connectivity index (χ4v) is 4.80. The third-order valence-corrected chi connectivity index (χ3v) is 6.72. The standard InChI is InChI=1S/C24H29F3N2O6S/c1-16-10-14-36-22(16)21(34-35-23(31)24(25,26)27)19(15-29-11-3-4-12-29)28-20(30)9-13-33-18-7-5-17(32-2)6-8-18/h5-8,10,14,19,21H,3-4,9,11-13,15H2,1-2H3,(H,28,30)/t19-,21+/m1/s1. The number of amides is 1. The van der Waals surface area contributed by atoms with Crippen LogP contribution in [0.2, 0.25) is 0 Å². The quantitative estimate of drug-likeness (QED) is 0.325. The fourth-order valence-electron chi connectivity index (χ4n) is 3.79. The van der Waals surface area contributed by atoms with Gasteiger partial charge in [-0.2, -0.15) is 18.1 Å². The predicted octanol–water partition coefficient (Wildman–Crippen LogP) is 4.19. The number of nitrogens with one attached hydrogen (secondary N) is 1. The van der Waals surface area contributed by atoms with E-state index in [-0.39, 0.29) is 18.9 Å². The number of hydrogen-bond donors (Lipinski definition) is 1. The van der Waals surface area contributed by atoms with E-state index >= 15 is 0 Å². The zero-order chi connectivity index (χ0) is 26.1. The molecule has 3 rings (SSSR count). The van der Waals surface area contributed by atoms with Gasteiger partial charge in [0.15, 0.2) is 6.10 Å². The molecule has 1 N–H and O–H groups in total. The van der Waals surface area contributed by atoms with Crippen molar-refractivity contribution in [3.8, 4) is 11.5 Å². The molecule has 0 spiro atoms. The monoisotopic (exact) mass is 530 g/mol. The molecule has 12 heteroatoms. The average Bonchev–Trinajstić information content (AvgIpc) is 3.51. The normalized spacial score (nSPS) is 15.8. The van der Waals surface area contributed by atoms with Crippen LogP contribution < -0.4 is 14.8 Å². The Balaban J connectivity index is 1.69. The Morgan fingerprint density at radius 2 is 1.78 bits per heavy atom. The van der Waals surface area contributed by atoms with Gasteiger partial charge >= 0.3 is 12.1 Å². The summed E-state index contributed by atoms with van der Waals surface area (Å²) in [6.07, 6.45) is -4.38. The summed E-state index contributed by atoms with van der Waals surface area (Å²) in [5.41, 5.74) is 0.747. The summed E-state index contributed by atoms with van der Waals surface area (Å²) in [5.74, 6) is -1.60. The van der Waals surface area contributed by atoms with Gasteiger partial charge in [-0.1, -0.05) is 0 Å². The van der Waals surface area contributed by atoms with Crippen molar-refractivity contribution in [3.63, 3.8) is 0 Å². The topological polar surface area (TPSA) is 86.3 Å². The molecule has 8 nitrogen and oxygen atoms in total. The lowest BCUT2D eigenvalue weighted by Crippen LogP contribution is -2.48. The number of halogens is 3. The van der Waals surface area contributed by atoms with Crippen molar-refractivity contribution >= 4 is 23.2 Å². The number of thiophene rings is 1. The van der Waals surface area contributed by atoms with E-state index in [9.17, 15) is 22.8 Å². The zero-order valence-corrected chi connectivity index (χ0v) is 20.8. The number of methoxy groups -OCH3 is 1. The second-order valence-electron chi connectivity index (χ2n) is 8.31. The SMILES string of the molecule is COc1ccc(OCCC(=O)N[C@H](CN2CCCC2)[C@H](OOC(=O)C(F)(F)F)c2sccc2C)cc1. The van der Waals surface area contributed by atoms with Gasteiger partial charge in [0.05, 0.1) is 26.2 Å². The molecule has 1 fully saturated rings. The number of benzene rings is 1. The molecule has 1 aromatic heterocycles. The molecule has 2 atom stereocenters. The largest absolute Gasteiger partial charge is 0.497 e. The Bertz CT molecular complexity index is 992. The summed E-state index contributed by atoms with van der Waals surface area (Å²) in [5, 5.41) is 4.61. The Morgan fingerprint density at radius 1 is 1.11 bits per heavy atom. The van der Waals surface area contributed by atoms with E-state index in [1.54, 1.807) is 49.7 Å². The number of hydrogen-bond acceptors (Lipinski definition) is 8. The van der Waals surface area contributed by atoms with Gasteiger partial charge in [-0.05, 0) is 74.1 Å². The summed E-state index contributed by atoms with van der Waals surface area (Å²) >= 11 is 1.25. The van der Waals surface area contributed by atoms with Gasteiger partial charge in [0.2, 0.25) is 5.91 Å². The number of carbonyl (C=O) groups is 2. The molecule has 1 aliphatic heterocycles. The van der Waals surface area contributed by atoms with Crippen molar-refractivity contribution < 1.29 is 42.0 Å². The molecule has 0 bridgehead atoms. The first kappa shape index (κ1) is 27.8.